The number of fused-ring (bicyclic) bond motifs is 1. The smallest absolute Gasteiger partial charge is 0.185 e. The summed E-state index contributed by atoms with van der Waals surface area (Å²) in [7, 11) is 0. The second kappa shape index (κ2) is 5.77. The zero-order valence-electron chi connectivity index (χ0n) is 11.5. The average Bonchev–Trinajstić information content (AvgIpc) is 3.05. The van der Waals surface area contributed by atoms with Gasteiger partial charge in [-0.2, -0.15) is 0 Å². The Morgan fingerprint density at radius 2 is 2.32 bits per heavy atom. The normalized spacial score (nSPS) is 26.4. The summed E-state index contributed by atoms with van der Waals surface area (Å²) < 4.78 is 5.72. The molecule has 2 unspecified atom stereocenters. The molecular formula is C14H22N2O2S. The van der Waals surface area contributed by atoms with Crippen LogP contribution < -0.4 is 4.90 Å². The zero-order valence-corrected chi connectivity index (χ0v) is 12.3. The van der Waals surface area contributed by atoms with Gasteiger partial charge in [-0.3, -0.25) is 0 Å². The van der Waals surface area contributed by atoms with Gasteiger partial charge in [-0.15, -0.1) is 0 Å². The number of aliphatic hydroxyl groups is 1. The molecule has 1 aliphatic heterocycles. The first-order valence-corrected chi connectivity index (χ1v) is 8.13. The van der Waals surface area contributed by atoms with Gasteiger partial charge in [0.1, 0.15) is 0 Å². The number of rotatable bonds is 4. The lowest BCUT2D eigenvalue weighted by Crippen LogP contribution is -2.31. The van der Waals surface area contributed by atoms with Crippen LogP contribution in [0.25, 0.3) is 0 Å². The van der Waals surface area contributed by atoms with E-state index < -0.39 is 0 Å². The molecule has 2 aliphatic rings. The molecule has 5 heteroatoms. The molecule has 0 bridgehead atoms. The highest BCUT2D eigenvalue weighted by molar-refractivity contribution is 7.15. The van der Waals surface area contributed by atoms with Crippen LogP contribution in [-0.4, -0.2) is 35.9 Å². The Morgan fingerprint density at radius 3 is 3.00 bits per heavy atom. The van der Waals surface area contributed by atoms with E-state index in [9.17, 15) is 5.11 Å². The van der Waals surface area contributed by atoms with Crippen molar-refractivity contribution in [3.8, 4) is 0 Å². The number of hydrogen-bond acceptors (Lipinski definition) is 5. The Morgan fingerprint density at radius 1 is 1.42 bits per heavy atom. The van der Waals surface area contributed by atoms with Gasteiger partial charge in [-0.1, -0.05) is 11.3 Å². The molecule has 3 rings (SSSR count). The van der Waals surface area contributed by atoms with E-state index in [1.807, 2.05) is 0 Å². The first-order chi connectivity index (χ1) is 9.28. The van der Waals surface area contributed by atoms with Crippen LogP contribution >= 0.6 is 11.3 Å². The number of anilines is 1. The standard InChI is InChI=1S/C14H22N2O2S/c1-2-16(9-10-5-4-8-18-10)14-15-11-6-3-7-12(17)13(11)19-14/h10,12,17H,2-9H2,1H3. The van der Waals surface area contributed by atoms with E-state index in [-0.39, 0.29) is 6.10 Å². The summed E-state index contributed by atoms with van der Waals surface area (Å²) in [6.45, 7) is 4.93. The highest BCUT2D eigenvalue weighted by Crippen LogP contribution is 2.37. The van der Waals surface area contributed by atoms with Crippen LogP contribution in [0.3, 0.4) is 0 Å². The van der Waals surface area contributed by atoms with E-state index in [1.165, 1.54) is 6.42 Å². The van der Waals surface area contributed by atoms with Crippen molar-refractivity contribution in [1.82, 2.24) is 4.98 Å². The fraction of sp³-hybridized carbons (Fsp3) is 0.786. The molecule has 0 radical (unpaired) electrons. The lowest BCUT2D eigenvalue weighted by Gasteiger charge is -2.23. The summed E-state index contributed by atoms with van der Waals surface area (Å²) >= 11 is 1.67. The highest BCUT2D eigenvalue weighted by atomic mass is 32.1. The molecule has 1 aromatic heterocycles. The SMILES string of the molecule is CCN(CC1CCCO1)c1nc2c(s1)C(O)CCC2. The Labute approximate surface area is 118 Å². The second-order valence-corrected chi connectivity index (χ2v) is 6.40. The predicted octanol–water partition coefficient (Wildman–Crippen LogP) is 2.52. The molecule has 1 N–H and O–H groups in total. The molecule has 2 heterocycles. The van der Waals surface area contributed by atoms with Crippen molar-refractivity contribution in [2.75, 3.05) is 24.6 Å². The Hall–Kier alpha value is -0.650. The van der Waals surface area contributed by atoms with Crippen LogP contribution in [0.2, 0.25) is 0 Å². The van der Waals surface area contributed by atoms with Gasteiger partial charge in [0.05, 0.1) is 22.8 Å². The number of nitrogens with zero attached hydrogens (tertiary/aromatic N) is 2. The van der Waals surface area contributed by atoms with Crippen molar-refractivity contribution >= 4 is 16.5 Å². The summed E-state index contributed by atoms with van der Waals surface area (Å²) in [6, 6.07) is 0. The maximum absolute atomic E-state index is 10.0. The van der Waals surface area contributed by atoms with Gasteiger partial charge in [-0.05, 0) is 39.0 Å². The molecule has 1 saturated heterocycles. The van der Waals surface area contributed by atoms with Gasteiger partial charge in [0.15, 0.2) is 5.13 Å². The molecule has 4 nitrogen and oxygen atoms in total. The van der Waals surface area contributed by atoms with Crippen molar-refractivity contribution in [2.45, 2.75) is 51.2 Å². The number of aryl methyl sites for hydroxylation is 1. The van der Waals surface area contributed by atoms with Crippen LogP contribution in [0, 0.1) is 0 Å². The van der Waals surface area contributed by atoms with Crippen molar-refractivity contribution in [1.29, 1.82) is 0 Å². The molecule has 1 aromatic rings. The molecule has 1 aliphatic carbocycles. The Bertz CT molecular complexity index is 429. The van der Waals surface area contributed by atoms with E-state index in [1.54, 1.807) is 11.3 Å². The summed E-state index contributed by atoms with van der Waals surface area (Å²) in [6.07, 6.45) is 5.34. The maximum Gasteiger partial charge on any atom is 0.185 e. The molecule has 0 saturated carbocycles. The first-order valence-electron chi connectivity index (χ1n) is 7.32. The van der Waals surface area contributed by atoms with Crippen LogP contribution in [0.1, 0.15) is 49.3 Å². The fourth-order valence-electron chi connectivity index (χ4n) is 2.90. The fourth-order valence-corrected chi connectivity index (χ4v) is 4.10. The molecule has 1 fully saturated rings. The molecule has 0 amide bonds. The third-order valence-corrected chi connectivity index (χ3v) is 5.27. The van der Waals surface area contributed by atoms with Gasteiger partial charge >= 0.3 is 0 Å². The molecule has 0 aromatic carbocycles. The Balaban J connectivity index is 1.75. The van der Waals surface area contributed by atoms with Gasteiger partial charge in [0.25, 0.3) is 0 Å². The molecule has 2 atom stereocenters. The summed E-state index contributed by atoms with van der Waals surface area (Å²) in [5.74, 6) is 0. The lowest BCUT2D eigenvalue weighted by molar-refractivity contribution is 0.115. The lowest BCUT2D eigenvalue weighted by atomic mass is 10.0. The maximum atomic E-state index is 10.0. The number of hydrogen-bond donors (Lipinski definition) is 1. The molecule has 106 valence electrons. The van der Waals surface area contributed by atoms with Gasteiger partial charge in [0.2, 0.25) is 0 Å². The van der Waals surface area contributed by atoms with Crippen molar-refractivity contribution < 1.29 is 9.84 Å². The van der Waals surface area contributed by atoms with Crippen molar-refractivity contribution in [3.05, 3.63) is 10.6 Å². The third-order valence-electron chi connectivity index (χ3n) is 4.01. The minimum atomic E-state index is -0.295. The summed E-state index contributed by atoms with van der Waals surface area (Å²) in [5, 5.41) is 11.1. The summed E-state index contributed by atoms with van der Waals surface area (Å²) in [4.78, 5) is 8.13. The topological polar surface area (TPSA) is 45.6 Å². The molecule has 19 heavy (non-hydrogen) atoms. The predicted molar refractivity (Wildman–Crippen MR) is 76.9 cm³/mol. The Kier molecular flexibility index (Phi) is 4.05. The van der Waals surface area contributed by atoms with Crippen LogP contribution in [-0.2, 0) is 11.2 Å². The monoisotopic (exact) mass is 282 g/mol. The van der Waals surface area contributed by atoms with E-state index in [4.69, 9.17) is 9.72 Å². The highest BCUT2D eigenvalue weighted by Gasteiger charge is 2.26. The average molecular weight is 282 g/mol. The number of aromatic nitrogens is 1. The number of ether oxygens (including phenoxy) is 1. The van der Waals surface area contributed by atoms with E-state index in [2.05, 4.69) is 11.8 Å². The van der Waals surface area contributed by atoms with Crippen LogP contribution in [0.4, 0.5) is 5.13 Å². The van der Waals surface area contributed by atoms with Gasteiger partial charge in [-0.25, -0.2) is 4.98 Å². The first kappa shape index (κ1) is 13.3. The molecule has 0 spiro atoms. The zero-order chi connectivity index (χ0) is 13.2. The number of likely N-dealkylation sites (N-methyl/N-ethyl adjacent to an activating group) is 1. The van der Waals surface area contributed by atoms with Crippen molar-refractivity contribution in [2.24, 2.45) is 0 Å². The van der Waals surface area contributed by atoms with Crippen LogP contribution in [0.15, 0.2) is 0 Å². The minimum Gasteiger partial charge on any atom is -0.388 e. The van der Waals surface area contributed by atoms with Gasteiger partial charge < -0.3 is 14.7 Å². The van der Waals surface area contributed by atoms with Crippen molar-refractivity contribution in [3.63, 3.8) is 0 Å². The minimum absolute atomic E-state index is 0.295. The van der Waals surface area contributed by atoms with E-state index >= 15 is 0 Å². The quantitative estimate of drug-likeness (QED) is 0.921. The number of thiazole rings is 1. The summed E-state index contributed by atoms with van der Waals surface area (Å²) in [5.41, 5.74) is 1.12. The molecular weight excluding hydrogens is 260 g/mol. The second-order valence-electron chi connectivity index (χ2n) is 5.39. The largest absolute Gasteiger partial charge is 0.388 e. The third kappa shape index (κ3) is 2.78. The number of aliphatic hydroxyl groups excluding tert-OH is 1. The van der Waals surface area contributed by atoms with Crippen LogP contribution in [0.5, 0.6) is 0 Å². The van der Waals surface area contributed by atoms with Gasteiger partial charge in [0, 0.05) is 19.7 Å². The van der Waals surface area contributed by atoms with E-state index in [0.717, 1.165) is 61.1 Å². The van der Waals surface area contributed by atoms with E-state index in [0.29, 0.717) is 6.10 Å².